The molecule has 59 heavy (non-hydrogen) atoms. The maximum absolute atomic E-state index is 15.7. The van der Waals surface area contributed by atoms with Gasteiger partial charge < -0.3 is 27.9 Å². The van der Waals surface area contributed by atoms with Gasteiger partial charge in [0.25, 0.3) is 0 Å². The summed E-state index contributed by atoms with van der Waals surface area (Å²) in [6.45, 7) is 0. The van der Waals surface area contributed by atoms with Crippen LogP contribution in [-0.2, 0) is 4.18 Å². The molecule has 0 aliphatic rings. The van der Waals surface area contributed by atoms with Gasteiger partial charge in [0.1, 0.15) is 28.7 Å². The van der Waals surface area contributed by atoms with E-state index in [2.05, 4.69) is 0 Å². The van der Waals surface area contributed by atoms with E-state index in [9.17, 15) is 0 Å². The topological polar surface area (TPSA) is 72.5 Å². The number of rotatable bonds is 14. The zero-order valence-corrected chi connectivity index (χ0v) is 33.2. The minimum absolute atomic E-state index is 0.198. The summed E-state index contributed by atoms with van der Waals surface area (Å²) in [5, 5.41) is 0. The van der Waals surface area contributed by atoms with Gasteiger partial charge in [-0.1, -0.05) is 103 Å². The molecule has 0 aliphatic heterocycles. The number of hydrogen-bond acceptors (Lipinski definition) is 7. The maximum atomic E-state index is 15.7. The highest BCUT2D eigenvalue weighted by molar-refractivity contribution is 8.30. The molecule has 0 fully saturated rings. The molecule has 0 spiro atoms. The zero-order valence-electron chi connectivity index (χ0n) is 32.4. The first-order chi connectivity index (χ1) is 29.1. The Hall–Kier alpha value is -7.42. The van der Waals surface area contributed by atoms with Crippen LogP contribution in [-0.4, -0.2) is 20.2 Å². The predicted molar refractivity (Wildman–Crippen MR) is 232 cm³/mol. The van der Waals surface area contributed by atoms with Crippen LogP contribution in [0.3, 0.4) is 0 Å². The second-order valence-electron chi connectivity index (χ2n) is 13.2. The molecule has 8 aromatic rings. The van der Waals surface area contributed by atoms with E-state index in [4.69, 9.17) is 27.9 Å². The van der Waals surface area contributed by atoms with Crippen molar-refractivity contribution in [2.45, 2.75) is 14.7 Å². The highest BCUT2D eigenvalue weighted by Gasteiger charge is 2.38. The van der Waals surface area contributed by atoms with Crippen molar-refractivity contribution in [2.24, 2.45) is 0 Å². The second-order valence-corrected chi connectivity index (χ2v) is 15.9. The standard InChI is InChI=1S/C51H40O7S/c1-53-38-28-32-44(33-29-38)59(43-26-16-7-17-27-43,45-34-30-39(54-2)31-35-45)58-51(52)46-36-47(55-40-20-10-4-11-21-40)49(56-41-22-12-5-13-23-41)50(57-42-24-14-6-15-25-42)48(46)37-18-8-3-9-19-37/h3-36H,1-2H3. The Morgan fingerprint density at radius 3 is 1.25 bits per heavy atom. The first-order valence-electron chi connectivity index (χ1n) is 18.9. The molecule has 0 unspecified atom stereocenters. The Morgan fingerprint density at radius 2 is 0.797 bits per heavy atom. The van der Waals surface area contributed by atoms with E-state index in [1.54, 1.807) is 20.3 Å². The molecule has 0 amide bonds. The van der Waals surface area contributed by atoms with E-state index < -0.39 is 16.3 Å². The monoisotopic (exact) mass is 796 g/mol. The predicted octanol–water partition coefficient (Wildman–Crippen LogP) is 13.8. The smallest absolute Gasteiger partial charge is 0.350 e. The average molecular weight is 797 g/mol. The van der Waals surface area contributed by atoms with Gasteiger partial charge in [-0.3, -0.25) is 0 Å². The summed E-state index contributed by atoms with van der Waals surface area (Å²) in [6, 6.07) is 64.5. The molecule has 0 saturated carbocycles. The van der Waals surface area contributed by atoms with Crippen LogP contribution >= 0.6 is 10.3 Å². The molecule has 0 aliphatic carbocycles. The lowest BCUT2D eigenvalue weighted by Gasteiger charge is -2.40. The van der Waals surface area contributed by atoms with Gasteiger partial charge in [-0.05, 0) is 113 Å². The van der Waals surface area contributed by atoms with Crippen molar-refractivity contribution in [3.8, 4) is 57.1 Å². The molecule has 0 heterocycles. The van der Waals surface area contributed by atoms with Crippen LogP contribution < -0.4 is 23.7 Å². The Bertz CT molecular complexity index is 2560. The molecule has 7 nitrogen and oxygen atoms in total. The Morgan fingerprint density at radius 1 is 0.407 bits per heavy atom. The van der Waals surface area contributed by atoms with Gasteiger partial charge in [0.2, 0.25) is 5.75 Å². The van der Waals surface area contributed by atoms with E-state index in [0.29, 0.717) is 39.9 Å². The van der Waals surface area contributed by atoms with E-state index >= 15 is 4.79 Å². The summed E-state index contributed by atoms with van der Waals surface area (Å²) in [5.41, 5.74) is 1.35. The van der Waals surface area contributed by atoms with E-state index in [1.165, 1.54) is 0 Å². The number of methoxy groups -OCH3 is 2. The van der Waals surface area contributed by atoms with Crippen molar-refractivity contribution < 1.29 is 32.7 Å². The lowest BCUT2D eigenvalue weighted by atomic mass is 9.97. The maximum Gasteiger partial charge on any atom is 0.350 e. The largest absolute Gasteiger partial charge is 0.497 e. The molecule has 0 saturated heterocycles. The molecule has 0 N–H and O–H groups in total. The molecule has 0 aromatic heterocycles. The third kappa shape index (κ3) is 8.35. The Labute approximate surface area is 345 Å². The van der Waals surface area contributed by atoms with Gasteiger partial charge in [-0.25, -0.2) is 4.79 Å². The van der Waals surface area contributed by atoms with Gasteiger partial charge in [-0.15, -0.1) is 0 Å². The first kappa shape index (κ1) is 38.5. The summed E-state index contributed by atoms with van der Waals surface area (Å²) in [7, 11) is 0.438. The molecule has 0 bridgehead atoms. The van der Waals surface area contributed by atoms with Gasteiger partial charge >= 0.3 is 5.97 Å². The number of ether oxygens (including phenoxy) is 5. The summed E-state index contributed by atoms with van der Waals surface area (Å²) in [4.78, 5) is 18.0. The molecule has 8 heteroatoms. The zero-order chi connectivity index (χ0) is 40.4. The fourth-order valence-electron chi connectivity index (χ4n) is 6.62. The summed E-state index contributed by atoms with van der Waals surface area (Å²) in [6.07, 6.45) is 0. The minimum Gasteiger partial charge on any atom is -0.497 e. The first-order valence-corrected chi connectivity index (χ1v) is 20.5. The Kier molecular flexibility index (Phi) is 11.6. The molecule has 0 radical (unpaired) electrons. The molecule has 0 atom stereocenters. The normalized spacial score (nSPS) is 11.2. The van der Waals surface area contributed by atoms with Crippen LogP contribution in [0, 0.1) is 0 Å². The molecular weight excluding hydrogens is 757 g/mol. The number of carbonyl (C=O) groups is 1. The van der Waals surface area contributed by atoms with E-state index in [-0.39, 0.29) is 22.8 Å². The average Bonchev–Trinajstić information content (AvgIpc) is 3.30. The minimum atomic E-state index is -2.80. The van der Waals surface area contributed by atoms with Crippen molar-refractivity contribution in [3.05, 3.63) is 212 Å². The summed E-state index contributed by atoms with van der Waals surface area (Å²) < 4.78 is 38.5. The quantitative estimate of drug-likeness (QED) is 0.108. The molecule has 8 rings (SSSR count). The van der Waals surface area contributed by atoms with Crippen molar-refractivity contribution >= 4 is 16.3 Å². The van der Waals surface area contributed by atoms with Gasteiger partial charge in [-0.2, -0.15) is 0 Å². The summed E-state index contributed by atoms with van der Waals surface area (Å²) >= 11 is 0. The van der Waals surface area contributed by atoms with Gasteiger partial charge in [0.05, 0.1) is 19.8 Å². The number of para-hydroxylation sites is 3. The highest BCUT2D eigenvalue weighted by atomic mass is 32.3. The molecular formula is C51H40O7S. The molecule has 292 valence electrons. The van der Waals surface area contributed by atoms with Crippen LogP contribution in [0.1, 0.15) is 10.4 Å². The fraction of sp³-hybridized carbons (Fsp3) is 0.0392. The van der Waals surface area contributed by atoms with Gasteiger partial charge in [0.15, 0.2) is 11.5 Å². The van der Waals surface area contributed by atoms with Crippen molar-refractivity contribution in [1.82, 2.24) is 0 Å². The fourth-order valence-corrected chi connectivity index (χ4v) is 9.63. The van der Waals surface area contributed by atoms with E-state index in [0.717, 1.165) is 14.7 Å². The van der Waals surface area contributed by atoms with Crippen LogP contribution in [0.15, 0.2) is 221 Å². The third-order valence-electron chi connectivity index (χ3n) is 9.44. The Balaban J connectivity index is 1.41. The second kappa shape index (κ2) is 17.8. The SMILES string of the molecule is COc1ccc(S(OC(=O)c2cc(Oc3ccccc3)c(Oc3ccccc3)c(Oc3ccccc3)c2-c2ccccc2)(c2ccccc2)c2ccc(OC)cc2)cc1. The number of hydrogen-bond donors (Lipinski definition) is 0. The van der Waals surface area contributed by atoms with Crippen LogP contribution in [0.4, 0.5) is 0 Å². The van der Waals surface area contributed by atoms with E-state index in [1.807, 2.05) is 200 Å². The lowest BCUT2D eigenvalue weighted by Crippen LogP contribution is -2.15. The highest BCUT2D eigenvalue weighted by Crippen LogP contribution is 2.70. The molecule has 8 aromatic carbocycles. The number of benzene rings is 8. The number of carbonyl (C=O) groups excluding carboxylic acids is 1. The van der Waals surface area contributed by atoms with Crippen molar-refractivity contribution in [3.63, 3.8) is 0 Å². The third-order valence-corrected chi connectivity index (χ3v) is 12.6. The van der Waals surface area contributed by atoms with Crippen LogP contribution in [0.2, 0.25) is 0 Å². The van der Waals surface area contributed by atoms with Gasteiger partial charge in [0, 0.05) is 26.3 Å². The lowest BCUT2D eigenvalue weighted by molar-refractivity contribution is 0.0757. The van der Waals surface area contributed by atoms with Crippen molar-refractivity contribution in [1.29, 1.82) is 0 Å². The summed E-state index contributed by atoms with van der Waals surface area (Å²) in [5.74, 6) is 3.10. The van der Waals surface area contributed by atoms with Crippen LogP contribution in [0.5, 0.6) is 46.0 Å². The van der Waals surface area contributed by atoms with Crippen LogP contribution in [0.25, 0.3) is 11.1 Å². The van der Waals surface area contributed by atoms with Crippen molar-refractivity contribution in [2.75, 3.05) is 14.2 Å².